The van der Waals surface area contributed by atoms with Gasteiger partial charge in [0.15, 0.2) is 0 Å². The van der Waals surface area contributed by atoms with Gasteiger partial charge in [-0.05, 0) is 60.4 Å². The molecule has 1 aromatic carbocycles. The molecule has 0 saturated heterocycles. The van der Waals surface area contributed by atoms with Gasteiger partial charge in [-0.2, -0.15) is 4.68 Å². The lowest BCUT2D eigenvalue weighted by molar-refractivity contribution is -0.121. The number of hydrogen-bond donors (Lipinski definition) is 1. The molecule has 1 heterocycles. The molecular formula is C17H22ClN5OS. The summed E-state index contributed by atoms with van der Waals surface area (Å²) in [5.74, 6) is 0.573. The normalized spacial score (nSPS) is 21.7. The van der Waals surface area contributed by atoms with Gasteiger partial charge in [0.25, 0.3) is 0 Å². The highest BCUT2D eigenvalue weighted by molar-refractivity contribution is 8.00. The van der Waals surface area contributed by atoms with Crippen LogP contribution in [0.3, 0.4) is 0 Å². The number of benzene rings is 1. The largest absolute Gasteiger partial charge is 0.352 e. The zero-order valence-corrected chi connectivity index (χ0v) is 15.9. The molecule has 1 aromatic heterocycles. The average molecular weight is 380 g/mol. The average Bonchev–Trinajstić information content (AvgIpc) is 3.05. The first-order valence-corrected chi connectivity index (χ1v) is 9.81. The number of rotatable bonds is 5. The molecule has 3 rings (SSSR count). The van der Waals surface area contributed by atoms with Crippen molar-refractivity contribution in [3.05, 3.63) is 29.3 Å². The highest BCUT2D eigenvalue weighted by Gasteiger charge is 2.26. The minimum Gasteiger partial charge on any atom is -0.352 e. The molecule has 1 saturated carbocycles. The van der Waals surface area contributed by atoms with Crippen molar-refractivity contribution in [1.29, 1.82) is 0 Å². The number of nitrogens with zero attached hydrogens (tertiary/aromatic N) is 4. The van der Waals surface area contributed by atoms with Gasteiger partial charge in [0.1, 0.15) is 0 Å². The number of hydrogen-bond acceptors (Lipinski definition) is 5. The zero-order chi connectivity index (χ0) is 17.8. The molecule has 1 N–H and O–H groups in total. The molecular weight excluding hydrogens is 358 g/mol. The lowest BCUT2D eigenvalue weighted by Crippen LogP contribution is -2.44. The number of thioether (sulfide) groups is 1. The van der Waals surface area contributed by atoms with E-state index in [1.54, 1.807) is 16.8 Å². The number of nitrogens with one attached hydrogen (secondary N) is 1. The van der Waals surface area contributed by atoms with Gasteiger partial charge in [-0.25, -0.2) is 0 Å². The first-order valence-electron chi connectivity index (χ1n) is 8.56. The van der Waals surface area contributed by atoms with E-state index in [0.29, 0.717) is 16.1 Å². The maximum Gasteiger partial charge on any atom is 0.233 e. The molecule has 0 unspecified atom stereocenters. The summed E-state index contributed by atoms with van der Waals surface area (Å²) in [5, 5.41) is 16.0. The van der Waals surface area contributed by atoms with E-state index < -0.39 is 0 Å². The van der Waals surface area contributed by atoms with Gasteiger partial charge in [0, 0.05) is 11.1 Å². The third kappa shape index (κ3) is 4.52. The van der Waals surface area contributed by atoms with E-state index in [1.165, 1.54) is 31.0 Å². The van der Waals surface area contributed by atoms with Crippen LogP contribution in [0.15, 0.2) is 29.4 Å². The van der Waals surface area contributed by atoms with Gasteiger partial charge >= 0.3 is 0 Å². The topological polar surface area (TPSA) is 72.7 Å². The van der Waals surface area contributed by atoms with Gasteiger partial charge < -0.3 is 5.32 Å². The fraction of sp³-hybridized carbons (Fsp3) is 0.529. The summed E-state index contributed by atoms with van der Waals surface area (Å²) in [5.41, 5.74) is 0.811. The van der Waals surface area contributed by atoms with E-state index >= 15 is 0 Å². The number of carbonyl (C=O) groups is 1. The monoisotopic (exact) mass is 379 g/mol. The summed E-state index contributed by atoms with van der Waals surface area (Å²) in [6.45, 7) is 4.09. The maximum absolute atomic E-state index is 12.5. The summed E-state index contributed by atoms with van der Waals surface area (Å²) < 4.78 is 1.62. The fourth-order valence-corrected chi connectivity index (χ4v) is 3.98. The SMILES string of the molecule is C[C@@H]1CCCC[C@H]1NC(=O)[C@@H](C)Sc1nnnn1-c1ccc(Cl)cc1. The standard InChI is InChI=1S/C17H22ClN5OS/c1-11-5-3-4-6-15(11)19-16(24)12(2)25-17-20-21-22-23(17)14-9-7-13(18)8-10-14/h7-12,15H,3-6H2,1-2H3,(H,19,24)/t11-,12-,15-/m1/s1. The molecule has 0 bridgehead atoms. The Labute approximate surface area is 156 Å². The molecule has 1 fully saturated rings. The molecule has 25 heavy (non-hydrogen) atoms. The minimum atomic E-state index is -0.272. The molecule has 0 radical (unpaired) electrons. The van der Waals surface area contributed by atoms with Crippen LogP contribution in [-0.4, -0.2) is 37.4 Å². The van der Waals surface area contributed by atoms with E-state index in [-0.39, 0.29) is 17.2 Å². The van der Waals surface area contributed by atoms with Crippen molar-refractivity contribution >= 4 is 29.3 Å². The van der Waals surface area contributed by atoms with E-state index in [4.69, 9.17) is 11.6 Å². The maximum atomic E-state index is 12.5. The predicted molar refractivity (Wildman–Crippen MR) is 99.0 cm³/mol. The second-order valence-corrected chi connectivity index (χ2v) is 8.23. The summed E-state index contributed by atoms with van der Waals surface area (Å²) >= 11 is 7.28. The van der Waals surface area contributed by atoms with Crippen LogP contribution in [0.2, 0.25) is 5.02 Å². The molecule has 2 aromatic rings. The van der Waals surface area contributed by atoms with Crippen molar-refractivity contribution in [2.24, 2.45) is 5.92 Å². The number of amides is 1. The minimum absolute atomic E-state index is 0.0365. The zero-order valence-electron chi connectivity index (χ0n) is 14.4. The fourth-order valence-electron chi connectivity index (χ4n) is 3.04. The molecule has 6 nitrogen and oxygen atoms in total. The lowest BCUT2D eigenvalue weighted by atomic mass is 9.86. The van der Waals surface area contributed by atoms with Crippen LogP contribution in [0.5, 0.6) is 0 Å². The van der Waals surface area contributed by atoms with Crippen LogP contribution in [0.1, 0.15) is 39.5 Å². The van der Waals surface area contributed by atoms with Gasteiger partial charge in [-0.1, -0.05) is 43.1 Å². The molecule has 1 amide bonds. The molecule has 8 heteroatoms. The number of aromatic nitrogens is 4. The second-order valence-electron chi connectivity index (χ2n) is 6.49. The van der Waals surface area contributed by atoms with Crippen LogP contribution in [0.4, 0.5) is 0 Å². The van der Waals surface area contributed by atoms with Crippen molar-refractivity contribution in [2.75, 3.05) is 0 Å². The molecule has 1 aliphatic rings. The first-order chi connectivity index (χ1) is 12.0. The Morgan fingerprint density at radius 3 is 2.76 bits per heavy atom. The van der Waals surface area contributed by atoms with Crippen molar-refractivity contribution in [2.45, 2.75) is 56.0 Å². The third-order valence-corrected chi connectivity index (χ3v) is 5.89. The Bertz CT molecular complexity index is 720. The number of halogens is 1. The summed E-state index contributed by atoms with van der Waals surface area (Å²) in [6.07, 6.45) is 4.69. The molecule has 0 spiro atoms. The highest BCUT2D eigenvalue weighted by Crippen LogP contribution is 2.26. The molecule has 0 aliphatic heterocycles. The predicted octanol–water partition coefficient (Wildman–Crippen LogP) is 3.49. The Morgan fingerprint density at radius 2 is 2.04 bits per heavy atom. The Kier molecular flexibility index (Phi) is 5.96. The van der Waals surface area contributed by atoms with E-state index in [0.717, 1.165) is 12.1 Å². The van der Waals surface area contributed by atoms with Gasteiger partial charge in [-0.3, -0.25) is 4.79 Å². The third-order valence-electron chi connectivity index (χ3n) is 4.60. The van der Waals surface area contributed by atoms with Crippen LogP contribution in [0.25, 0.3) is 5.69 Å². The summed E-state index contributed by atoms with van der Waals surface area (Å²) in [7, 11) is 0. The summed E-state index contributed by atoms with van der Waals surface area (Å²) in [4.78, 5) is 12.5. The van der Waals surface area contributed by atoms with Crippen LogP contribution in [0, 0.1) is 5.92 Å². The van der Waals surface area contributed by atoms with Crippen molar-refractivity contribution in [3.8, 4) is 5.69 Å². The van der Waals surface area contributed by atoms with Gasteiger partial charge in [0.2, 0.25) is 11.1 Å². The molecule has 1 aliphatic carbocycles. The van der Waals surface area contributed by atoms with E-state index in [1.807, 2.05) is 19.1 Å². The smallest absolute Gasteiger partial charge is 0.233 e. The van der Waals surface area contributed by atoms with Crippen LogP contribution >= 0.6 is 23.4 Å². The Morgan fingerprint density at radius 1 is 1.32 bits per heavy atom. The number of tetrazole rings is 1. The second kappa shape index (κ2) is 8.19. The molecule has 134 valence electrons. The van der Waals surface area contributed by atoms with Crippen molar-refractivity contribution in [1.82, 2.24) is 25.5 Å². The first kappa shape index (κ1) is 18.2. The van der Waals surface area contributed by atoms with Gasteiger partial charge in [-0.15, -0.1) is 5.10 Å². The molecule has 3 atom stereocenters. The van der Waals surface area contributed by atoms with Gasteiger partial charge in [0.05, 0.1) is 10.9 Å². The van der Waals surface area contributed by atoms with Crippen molar-refractivity contribution < 1.29 is 4.79 Å². The van der Waals surface area contributed by atoms with Crippen LogP contribution < -0.4 is 5.32 Å². The summed E-state index contributed by atoms with van der Waals surface area (Å²) in [6, 6.07) is 7.53. The highest BCUT2D eigenvalue weighted by atomic mass is 35.5. The van der Waals surface area contributed by atoms with Crippen LogP contribution in [-0.2, 0) is 4.79 Å². The number of carbonyl (C=O) groups excluding carboxylic acids is 1. The quantitative estimate of drug-likeness (QED) is 0.805. The Hall–Kier alpha value is -1.60. The lowest BCUT2D eigenvalue weighted by Gasteiger charge is -2.30. The van der Waals surface area contributed by atoms with E-state index in [9.17, 15) is 4.79 Å². The van der Waals surface area contributed by atoms with Crippen molar-refractivity contribution in [3.63, 3.8) is 0 Å². The Balaban J connectivity index is 1.65. The van der Waals surface area contributed by atoms with E-state index in [2.05, 4.69) is 27.8 Å².